The van der Waals surface area contributed by atoms with Crippen molar-refractivity contribution in [3.8, 4) is 0 Å². The van der Waals surface area contributed by atoms with Crippen LogP contribution in [0.2, 0.25) is 0 Å². The zero-order chi connectivity index (χ0) is 20.7. The van der Waals surface area contributed by atoms with Crippen molar-refractivity contribution in [1.29, 1.82) is 0 Å². The summed E-state index contributed by atoms with van der Waals surface area (Å²) in [5.74, 6) is -1.79. The van der Waals surface area contributed by atoms with Gasteiger partial charge in [-0.05, 0) is 53.3 Å². The number of esters is 1. The van der Waals surface area contributed by atoms with Crippen molar-refractivity contribution in [1.82, 2.24) is 5.32 Å². The number of benzene rings is 2. The number of hydrogen-bond acceptors (Lipinski definition) is 6. The third-order valence-electron chi connectivity index (χ3n) is 3.57. The lowest BCUT2D eigenvalue weighted by Gasteiger charge is -2.09. The summed E-state index contributed by atoms with van der Waals surface area (Å²) >= 11 is 2.01. The lowest BCUT2D eigenvalue weighted by Crippen LogP contribution is -2.32. The third kappa shape index (κ3) is 6.01. The van der Waals surface area contributed by atoms with Gasteiger partial charge < -0.3 is 15.4 Å². The van der Waals surface area contributed by atoms with Crippen LogP contribution in [-0.4, -0.2) is 35.9 Å². The molecule has 2 rings (SSSR count). The minimum absolute atomic E-state index is 0.0919. The quantitative estimate of drug-likeness (QED) is 0.262. The van der Waals surface area contributed by atoms with Crippen molar-refractivity contribution in [3.63, 3.8) is 0 Å². The molecule has 0 aliphatic carbocycles. The predicted octanol–water partition coefficient (Wildman–Crippen LogP) is 2.42. The summed E-state index contributed by atoms with van der Waals surface area (Å²) in [6.07, 6.45) is 0. The molecular formula is C18H16IN3O6. The number of carbonyl (C=O) groups excluding carboxylic acids is 3. The van der Waals surface area contributed by atoms with Gasteiger partial charge in [0, 0.05) is 21.4 Å². The van der Waals surface area contributed by atoms with Gasteiger partial charge in [0.05, 0.1) is 10.5 Å². The zero-order valence-electron chi connectivity index (χ0n) is 14.7. The van der Waals surface area contributed by atoms with E-state index in [1.54, 1.807) is 31.2 Å². The highest BCUT2D eigenvalue weighted by Gasteiger charge is 2.14. The number of non-ortho nitro benzene ring substituents is 1. The van der Waals surface area contributed by atoms with E-state index in [0.717, 1.165) is 3.57 Å². The highest BCUT2D eigenvalue weighted by molar-refractivity contribution is 14.1. The maximum Gasteiger partial charge on any atom is 0.325 e. The zero-order valence-corrected chi connectivity index (χ0v) is 16.9. The molecule has 2 aromatic rings. The number of anilines is 1. The van der Waals surface area contributed by atoms with Crippen LogP contribution in [0.1, 0.15) is 15.9 Å². The second-order valence-electron chi connectivity index (χ2n) is 5.63. The van der Waals surface area contributed by atoms with Crippen LogP contribution in [0.3, 0.4) is 0 Å². The predicted molar refractivity (Wildman–Crippen MR) is 109 cm³/mol. The molecule has 0 saturated carbocycles. The number of nitro groups is 1. The van der Waals surface area contributed by atoms with Gasteiger partial charge in [-0.1, -0.05) is 12.1 Å². The average molecular weight is 497 g/mol. The topological polar surface area (TPSA) is 128 Å². The fraction of sp³-hybridized carbons (Fsp3) is 0.167. The number of ether oxygens (including phenoxy) is 1. The lowest BCUT2D eigenvalue weighted by atomic mass is 10.2. The van der Waals surface area contributed by atoms with E-state index in [9.17, 15) is 24.5 Å². The fourth-order valence-electron chi connectivity index (χ4n) is 2.18. The van der Waals surface area contributed by atoms with Crippen LogP contribution in [0.4, 0.5) is 11.4 Å². The average Bonchev–Trinajstić information content (AvgIpc) is 2.66. The number of aryl methyl sites for hydroxylation is 1. The minimum atomic E-state index is -0.769. The molecule has 0 aliphatic heterocycles. The molecule has 9 nitrogen and oxygen atoms in total. The van der Waals surface area contributed by atoms with E-state index in [0.29, 0.717) is 16.8 Å². The molecule has 146 valence electrons. The number of hydrogen-bond donors (Lipinski definition) is 2. The molecule has 2 aromatic carbocycles. The fourth-order valence-corrected chi connectivity index (χ4v) is 2.81. The standard InChI is InChI=1S/C18H16IN3O6/c1-11-8-12(22(26)27)6-7-15(11)21-16(23)10-28-17(24)9-20-18(25)13-4-2-3-5-14(13)19/h2-8H,9-10H2,1H3,(H,20,25)(H,21,23). The Morgan fingerprint density at radius 3 is 2.54 bits per heavy atom. The van der Waals surface area contributed by atoms with Gasteiger partial charge in [0.25, 0.3) is 17.5 Å². The van der Waals surface area contributed by atoms with E-state index in [4.69, 9.17) is 4.74 Å². The van der Waals surface area contributed by atoms with Crippen LogP contribution in [0.15, 0.2) is 42.5 Å². The van der Waals surface area contributed by atoms with E-state index >= 15 is 0 Å². The molecule has 2 N–H and O–H groups in total. The molecule has 0 radical (unpaired) electrons. The van der Waals surface area contributed by atoms with Gasteiger partial charge in [-0.3, -0.25) is 24.5 Å². The van der Waals surface area contributed by atoms with Gasteiger partial charge in [0.15, 0.2) is 6.61 Å². The van der Waals surface area contributed by atoms with Crippen LogP contribution < -0.4 is 10.6 Å². The summed E-state index contributed by atoms with van der Waals surface area (Å²) in [4.78, 5) is 45.8. The number of amides is 2. The van der Waals surface area contributed by atoms with E-state index in [1.165, 1.54) is 18.2 Å². The molecule has 0 aromatic heterocycles. The summed E-state index contributed by atoms with van der Waals surface area (Å²) in [5.41, 5.74) is 1.21. The Labute approximate surface area is 173 Å². The normalized spacial score (nSPS) is 10.1. The number of carbonyl (C=O) groups is 3. The Morgan fingerprint density at radius 2 is 1.89 bits per heavy atom. The first-order valence-electron chi connectivity index (χ1n) is 8.01. The molecule has 0 heterocycles. The first-order valence-corrected chi connectivity index (χ1v) is 9.09. The van der Waals surface area contributed by atoms with E-state index in [-0.39, 0.29) is 12.2 Å². The number of nitro benzene ring substituents is 1. The van der Waals surface area contributed by atoms with Crippen molar-refractivity contribution in [3.05, 3.63) is 67.3 Å². The van der Waals surface area contributed by atoms with Gasteiger partial charge >= 0.3 is 5.97 Å². The Balaban J connectivity index is 1.79. The van der Waals surface area contributed by atoms with E-state index in [2.05, 4.69) is 10.6 Å². The first kappa shape index (κ1) is 21.3. The summed E-state index contributed by atoms with van der Waals surface area (Å²) in [5, 5.41) is 15.6. The minimum Gasteiger partial charge on any atom is -0.454 e. The van der Waals surface area contributed by atoms with Crippen molar-refractivity contribution < 1.29 is 24.0 Å². The van der Waals surface area contributed by atoms with Crippen molar-refractivity contribution in [2.24, 2.45) is 0 Å². The largest absolute Gasteiger partial charge is 0.454 e. The molecule has 0 unspecified atom stereocenters. The maximum atomic E-state index is 12.0. The molecule has 0 bridgehead atoms. The van der Waals surface area contributed by atoms with Gasteiger partial charge in [-0.2, -0.15) is 0 Å². The summed E-state index contributed by atoms with van der Waals surface area (Å²) in [7, 11) is 0. The van der Waals surface area contributed by atoms with E-state index in [1.807, 2.05) is 22.6 Å². The third-order valence-corrected chi connectivity index (χ3v) is 4.51. The highest BCUT2D eigenvalue weighted by atomic mass is 127. The number of nitrogens with zero attached hydrogens (tertiary/aromatic N) is 1. The first-order chi connectivity index (χ1) is 13.3. The summed E-state index contributed by atoms with van der Waals surface area (Å²) < 4.78 is 5.56. The van der Waals surface area contributed by atoms with Crippen LogP contribution in [-0.2, 0) is 14.3 Å². The molecule has 0 atom stereocenters. The Hall–Kier alpha value is -3.02. The monoisotopic (exact) mass is 497 g/mol. The van der Waals surface area contributed by atoms with Gasteiger partial charge in [0.2, 0.25) is 0 Å². The molecule has 2 amide bonds. The summed E-state index contributed by atoms with van der Waals surface area (Å²) in [6, 6.07) is 10.9. The van der Waals surface area contributed by atoms with Gasteiger partial charge in [-0.25, -0.2) is 0 Å². The molecule has 10 heteroatoms. The molecule has 28 heavy (non-hydrogen) atoms. The molecule has 0 aliphatic rings. The van der Waals surface area contributed by atoms with Crippen LogP contribution in [0.25, 0.3) is 0 Å². The number of nitrogens with one attached hydrogen (secondary N) is 2. The maximum absolute atomic E-state index is 12.0. The second kappa shape index (κ2) is 9.78. The van der Waals surface area contributed by atoms with Crippen molar-refractivity contribution >= 4 is 51.7 Å². The van der Waals surface area contributed by atoms with Crippen LogP contribution >= 0.6 is 22.6 Å². The van der Waals surface area contributed by atoms with Gasteiger partial charge in [-0.15, -0.1) is 0 Å². The second-order valence-corrected chi connectivity index (χ2v) is 6.79. The molecule has 0 fully saturated rings. The number of halogens is 1. The van der Waals surface area contributed by atoms with Crippen LogP contribution in [0, 0.1) is 20.6 Å². The molecule has 0 spiro atoms. The highest BCUT2D eigenvalue weighted by Crippen LogP contribution is 2.21. The smallest absolute Gasteiger partial charge is 0.325 e. The van der Waals surface area contributed by atoms with Crippen molar-refractivity contribution in [2.75, 3.05) is 18.5 Å². The lowest BCUT2D eigenvalue weighted by molar-refractivity contribution is -0.384. The molecular weight excluding hydrogens is 481 g/mol. The van der Waals surface area contributed by atoms with Crippen LogP contribution in [0.5, 0.6) is 0 Å². The Bertz CT molecular complexity index is 931. The Morgan fingerprint density at radius 1 is 1.18 bits per heavy atom. The Kier molecular flexibility index (Phi) is 7.44. The van der Waals surface area contributed by atoms with Gasteiger partial charge in [0.1, 0.15) is 6.54 Å². The number of rotatable bonds is 7. The van der Waals surface area contributed by atoms with Crippen molar-refractivity contribution in [2.45, 2.75) is 6.92 Å². The SMILES string of the molecule is Cc1cc([N+](=O)[O-])ccc1NC(=O)COC(=O)CNC(=O)c1ccccc1I. The summed E-state index contributed by atoms with van der Waals surface area (Å²) in [6.45, 7) is 0.677. The van der Waals surface area contributed by atoms with E-state index < -0.39 is 29.3 Å². The molecule has 0 saturated heterocycles.